The summed E-state index contributed by atoms with van der Waals surface area (Å²) >= 11 is 0. The highest BCUT2D eigenvalue weighted by Crippen LogP contribution is 2.23. The van der Waals surface area contributed by atoms with Gasteiger partial charge in [0.15, 0.2) is 0 Å². The Hall–Kier alpha value is -1.95. The standard InChI is InChI=1S/C19H30N4O2/c1-21(2)16-5-7-17(8-6-16)22-12-9-15(10-13-22)20-19(25)23-11-3-4-18(24)14-23/h5-8,15,18,24H,3-4,9-14H2,1-2H3,(H,20,25). The van der Waals surface area contributed by atoms with Gasteiger partial charge in [0.25, 0.3) is 0 Å². The number of nitrogens with one attached hydrogen (secondary N) is 1. The summed E-state index contributed by atoms with van der Waals surface area (Å²) in [7, 11) is 4.09. The molecule has 2 aliphatic heterocycles. The van der Waals surface area contributed by atoms with E-state index in [4.69, 9.17) is 0 Å². The van der Waals surface area contributed by atoms with Gasteiger partial charge in [0, 0.05) is 57.7 Å². The number of aliphatic hydroxyl groups is 1. The zero-order valence-corrected chi connectivity index (χ0v) is 15.3. The van der Waals surface area contributed by atoms with Crippen molar-refractivity contribution in [2.45, 2.75) is 37.8 Å². The van der Waals surface area contributed by atoms with Crippen molar-refractivity contribution in [1.29, 1.82) is 0 Å². The molecule has 0 aromatic heterocycles. The van der Waals surface area contributed by atoms with Gasteiger partial charge in [0.2, 0.25) is 0 Å². The van der Waals surface area contributed by atoms with Crippen molar-refractivity contribution in [3.8, 4) is 0 Å². The van der Waals surface area contributed by atoms with Gasteiger partial charge >= 0.3 is 6.03 Å². The Kier molecular flexibility index (Phi) is 5.68. The average Bonchev–Trinajstić information content (AvgIpc) is 2.62. The molecular weight excluding hydrogens is 316 g/mol. The average molecular weight is 346 g/mol. The molecule has 0 aliphatic carbocycles. The molecule has 2 fully saturated rings. The fraction of sp³-hybridized carbons (Fsp3) is 0.632. The molecule has 1 aromatic carbocycles. The SMILES string of the molecule is CN(C)c1ccc(N2CCC(NC(=O)N3CCCC(O)C3)CC2)cc1. The van der Waals surface area contributed by atoms with Gasteiger partial charge < -0.3 is 25.1 Å². The second kappa shape index (κ2) is 7.95. The van der Waals surface area contributed by atoms with Crippen molar-refractivity contribution < 1.29 is 9.90 Å². The minimum atomic E-state index is -0.369. The molecule has 2 amide bonds. The van der Waals surface area contributed by atoms with Crippen LogP contribution in [0.1, 0.15) is 25.7 Å². The third kappa shape index (κ3) is 4.57. The number of likely N-dealkylation sites (tertiary alicyclic amines) is 1. The Labute approximate surface area is 150 Å². The predicted octanol–water partition coefficient (Wildman–Crippen LogP) is 1.89. The summed E-state index contributed by atoms with van der Waals surface area (Å²) in [5.41, 5.74) is 2.45. The van der Waals surface area contributed by atoms with Crippen LogP contribution in [-0.4, -0.2) is 68.5 Å². The van der Waals surface area contributed by atoms with E-state index in [0.29, 0.717) is 6.54 Å². The molecule has 0 bridgehead atoms. The number of β-amino-alcohol motifs (C(OH)–C–C–N with tert-alkyl or cyclic N) is 1. The van der Waals surface area contributed by atoms with Gasteiger partial charge in [0.1, 0.15) is 0 Å². The quantitative estimate of drug-likeness (QED) is 0.877. The van der Waals surface area contributed by atoms with Crippen LogP contribution in [0.3, 0.4) is 0 Å². The first-order valence-electron chi connectivity index (χ1n) is 9.29. The van der Waals surface area contributed by atoms with Crippen LogP contribution in [-0.2, 0) is 0 Å². The molecule has 2 N–H and O–H groups in total. The number of carbonyl (C=O) groups excluding carboxylic acids is 1. The summed E-state index contributed by atoms with van der Waals surface area (Å²) in [4.78, 5) is 18.6. The molecule has 6 heteroatoms. The van der Waals surface area contributed by atoms with Crippen molar-refractivity contribution in [1.82, 2.24) is 10.2 Å². The van der Waals surface area contributed by atoms with Crippen LogP contribution in [0.5, 0.6) is 0 Å². The Morgan fingerprint density at radius 3 is 2.40 bits per heavy atom. The maximum atomic E-state index is 12.4. The lowest BCUT2D eigenvalue weighted by Crippen LogP contribution is -2.52. The highest BCUT2D eigenvalue weighted by Gasteiger charge is 2.26. The molecule has 0 saturated carbocycles. The van der Waals surface area contributed by atoms with Gasteiger partial charge in [-0.25, -0.2) is 4.79 Å². The van der Waals surface area contributed by atoms with E-state index in [2.05, 4.69) is 39.4 Å². The number of piperidine rings is 2. The number of rotatable bonds is 3. The minimum absolute atomic E-state index is 0.0208. The van der Waals surface area contributed by atoms with Gasteiger partial charge in [-0.05, 0) is 49.9 Å². The molecule has 0 radical (unpaired) electrons. The van der Waals surface area contributed by atoms with Crippen molar-refractivity contribution in [3.05, 3.63) is 24.3 Å². The Balaban J connectivity index is 1.47. The lowest BCUT2D eigenvalue weighted by molar-refractivity contribution is 0.0829. The summed E-state index contributed by atoms with van der Waals surface area (Å²) in [5.74, 6) is 0. The van der Waals surface area contributed by atoms with E-state index >= 15 is 0 Å². The summed E-state index contributed by atoms with van der Waals surface area (Å²) in [6.45, 7) is 3.12. The first kappa shape index (κ1) is 17.9. The van der Waals surface area contributed by atoms with Crippen molar-refractivity contribution in [2.24, 2.45) is 0 Å². The predicted molar refractivity (Wildman–Crippen MR) is 101 cm³/mol. The van der Waals surface area contributed by atoms with Crippen molar-refractivity contribution in [2.75, 3.05) is 50.1 Å². The van der Waals surface area contributed by atoms with Crippen LogP contribution in [0.25, 0.3) is 0 Å². The van der Waals surface area contributed by atoms with Crippen LogP contribution in [0.4, 0.5) is 16.2 Å². The van der Waals surface area contributed by atoms with Crippen LogP contribution in [0.15, 0.2) is 24.3 Å². The molecule has 2 aliphatic rings. The first-order valence-corrected chi connectivity index (χ1v) is 9.29. The second-order valence-electron chi connectivity index (χ2n) is 7.36. The lowest BCUT2D eigenvalue weighted by Gasteiger charge is -2.36. The zero-order valence-electron chi connectivity index (χ0n) is 15.3. The number of urea groups is 1. The largest absolute Gasteiger partial charge is 0.391 e. The Bertz CT molecular complexity index is 567. The third-order valence-corrected chi connectivity index (χ3v) is 5.24. The number of nitrogens with zero attached hydrogens (tertiary/aromatic N) is 3. The molecule has 25 heavy (non-hydrogen) atoms. The maximum Gasteiger partial charge on any atom is 0.317 e. The molecule has 2 heterocycles. The van der Waals surface area contributed by atoms with E-state index in [9.17, 15) is 9.90 Å². The van der Waals surface area contributed by atoms with Crippen LogP contribution in [0, 0.1) is 0 Å². The van der Waals surface area contributed by atoms with Crippen LogP contribution in [0.2, 0.25) is 0 Å². The van der Waals surface area contributed by atoms with Gasteiger partial charge in [-0.3, -0.25) is 0 Å². The summed E-state index contributed by atoms with van der Waals surface area (Å²) < 4.78 is 0. The van der Waals surface area contributed by atoms with Crippen LogP contribution < -0.4 is 15.1 Å². The van der Waals surface area contributed by atoms with Gasteiger partial charge in [0.05, 0.1) is 6.10 Å². The Morgan fingerprint density at radius 1 is 1.12 bits per heavy atom. The molecule has 1 unspecified atom stereocenters. The van der Waals surface area contributed by atoms with E-state index in [0.717, 1.165) is 45.3 Å². The summed E-state index contributed by atoms with van der Waals surface area (Å²) in [6.07, 6.45) is 3.23. The number of anilines is 2. The molecule has 6 nitrogen and oxygen atoms in total. The normalized spacial score (nSPS) is 22.0. The fourth-order valence-electron chi connectivity index (χ4n) is 3.65. The second-order valence-corrected chi connectivity index (χ2v) is 7.36. The smallest absolute Gasteiger partial charge is 0.317 e. The highest BCUT2D eigenvalue weighted by atomic mass is 16.3. The molecule has 0 spiro atoms. The Morgan fingerprint density at radius 2 is 1.80 bits per heavy atom. The van der Waals surface area contributed by atoms with E-state index in [1.54, 1.807) is 4.90 Å². The zero-order chi connectivity index (χ0) is 17.8. The molecule has 1 aromatic rings. The maximum absolute atomic E-state index is 12.4. The summed E-state index contributed by atoms with van der Waals surface area (Å²) in [6, 6.07) is 8.83. The highest BCUT2D eigenvalue weighted by molar-refractivity contribution is 5.74. The monoisotopic (exact) mass is 346 g/mol. The molecular formula is C19H30N4O2. The van der Waals surface area contributed by atoms with Crippen molar-refractivity contribution >= 4 is 17.4 Å². The summed E-state index contributed by atoms with van der Waals surface area (Å²) in [5, 5.41) is 12.9. The third-order valence-electron chi connectivity index (χ3n) is 5.24. The van der Waals surface area contributed by atoms with Gasteiger partial charge in [-0.1, -0.05) is 0 Å². The van der Waals surface area contributed by atoms with Gasteiger partial charge in [-0.2, -0.15) is 0 Å². The minimum Gasteiger partial charge on any atom is -0.391 e. The van der Waals surface area contributed by atoms with E-state index in [1.165, 1.54) is 11.4 Å². The topological polar surface area (TPSA) is 59.0 Å². The molecule has 3 rings (SSSR count). The van der Waals surface area contributed by atoms with E-state index in [1.807, 2.05) is 14.1 Å². The number of aliphatic hydroxyl groups excluding tert-OH is 1. The lowest BCUT2D eigenvalue weighted by atomic mass is 10.0. The molecule has 2 saturated heterocycles. The van der Waals surface area contributed by atoms with Gasteiger partial charge in [-0.15, -0.1) is 0 Å². The number of carbonyl (C=O) groups is 1. The molecule has 1 atom stereocenters. The van der Waals surface area contributed by atoms with Crippen LogP contribution >= 0.6 is 0 Å². The number of benzene rings is 1. The first-order chi connectivity index (χ1) is 12.0. The number of hydrogen-bond donors (Lipinski definition) is 2. The van der Waals surface area contributed by atoms with Crippen molar-refractivity contribution in [3.63, 3.8) is 0 Å². The number of amides is 2. The van der Waals surface area contributed by atoms with E-state index in [-0.39, 0.29) is 18.2 Å². The van der Waals surface area contributed by atoms with E-state index < -0.39 is 0 Å². The molecule has 138 valence electrons. The number of hydrogen-bond acceptors (Lipinski definition) is 4. The fourth-order valence-corrected chi connectivity index (χ4v) is 3.65.